The molecule has 6 atom stereocenters. The molecule has 0 aromatic heterocycles. The van der Waals surface area contributed by atoms with Crippen molar-refractivity contribution in [3.8, 4) is 0 Å². The SMILES string of the molecule is C=CCN(C)C(=O)[C@@H]1[C@@H]2CCC3(O2)C(C(=O)N(CC=C)CCN2CCOCC2)N([C@H](C)CO)C(=O)[C@H]13. The Labute approximate surface area is 213 Å². The topological polar surface area (TPSA) is 103 Å². The number of carbonyl (C=O) groups excluding carboxylic acids is 3. The van der Waals surface area contributed by atoms with Gasteiger partial charge in [0.1, 0.15) is 11.6 Å². The molecule has 4 fully saturated rings. The van der Waals surface area contributed by atoms with Gasteiger partial charge in [0.2, 0.25) is 17.7 Å². The van der Waals surface area contributed by atoms with Crippen molar-refractivity contribution < 1.29 is 29.0 Å². The number of morpholine rings is 1. The van der Waals surface area contributed by atoms with Gasteiger partial charge in [-0.25, -0.2) is 0 Å². The predicted octanol–water partition coefficient (Wildman–Crippen LogP) is -0.267. The highest BCUT2D eigenvalue weighted by molar-refractivity contribution is 5.99. The largest absolute Gasteiger partial charge is 0.394 e. The van der Waals surface area contributed by atoms with E-state index in [0.717, 1.165) is 13.1 Å². The van der Waals surface area contributed by atoms with Crippen molar-refractivity contribution in [2.24, 2.45) is 11.8 Å². The van der Waals surface area contributed by atoms with Crippen LogP contribution in [-0.4, -0.2) is 132 Å². The van der Waals surface area contributed by atoms with Crippen LogP contribution in [0.15, 0.2) is 25.3 Å². The molecule has 3 amide bonds. The van der Waals surface area contributed by atoms with Gasteiger partial charge in [-0.05, 0) is 19.8 Å². The fraction of sp³-hybridized carbons (Fsp3) is 0.731. The van der Waals surface area contributed by atoms with Gasteiger partial charge in [0.05, 0.1) is 43.8 Å². The molecule has 1 spiro atoms. The number of hydrogen-bond donors (Lipinski definition) is 1. The van der Waals surface area contributed by atoms with Crippen molar-refractivity contribution in [3.63, 3.8) is 0 Å². The summed E-state index contributed by atoms with van der Waals surface area (Å²) in [5, 5.41) is 10.0. The van der Waals surface area contributed by atoms with Crippen molar-refractivity contribution in [1.29, 1.82) is 0 Å². The third kappa shape index (κ3) is 4.49. The molecule has 10 nitrogen and oxygen atoms in total. The summed E-state index contributed by atoms with van der Waals surface area (Å²) in [6.07, 6.45) is 4.07. The van der Waals surface area contributed by atoms with Crippen LogP contribution in [0.5, 0.6) is 0 Å². The number of likely N-dealkylation sites (N-methyl/N-ethyl adjacent to an activating group) is 1. The molecule has 200 valence electrons. The lowest BCUT2D eigenvalue weighted by Gasteiger charge is -2.39. The Balaban J connectivity index is 1.64. The van der Waals surface area contributed by atoms with E-state index in [9.17, 15) is 19.5 Å². The zero-order valence-electron chi connectivity index (χ0n) is 21.5. The molecular weight excluding hydrogens is 464 g/mol. The van der Waals surface area contributed by atoms with E-state index in [4.69, 9.17) is 9.47 Å². The maximum atomic E-state index is 14.2. The smallest absolute Gasteiger partial charge is 0.248 e. The van der Waals surface area contributed by atoms with Crippen molar-refractivity contribution in [3.05, 3.63) is 25.3 Å². The van der Waals surface area contributed by atoms with E-state index < -0.39 is 35.6 Å². The van der Waals surface area contributed by atoms with Crippen LogP contribution in [0.25, 0.3) is 0 Å². The molecule has 36 heavy (non-hydrogen) atoms. The van der Waals surface area contributed by atoms with Crippen LogP contribution >= 0.6 is 0 Å². The Morgan fingerprint density at radius 2 is 1.92 bits per heavy atom. The van der Waals surface area contributed by atoms with Crippen LogP contribution in [-0.2, 0) is 23.9 Å². The maximum Gasteiger partial charge on any atom is 0.248 e. The molecule has 0 saturated carbocycles. The highest BCUT2D eigenvalue weighted by Crippen LogP contribution is 2.59. The van der Waals surface area contributed by atoms with Gasteiger partial charge in [-0.2, -0.15) is 0 Å². The zero-order chi connectivity index (χ0) is 26.0. The molecule has 0 aromatic carbocycles. The molecule has 0 radical (unpaired) electrons. The monoisotopic (exact) mass is 504 g/mol. The number of aliphatic hydroxyl groups excluding tert-OH is 1. The van der Waals surface area contributed by atoms with Gasteiger partial charge in [0, 0.05) is 46.3 Å². The number of amides is 3. The average molecular weight is 505 g/mol. The summed E-state index contributed by atoms with van der Waals surface area (Å²) in [5.74, 6) is -2.06. The van der Waals surface area contributed by atoms with Gasteiger partial charge >= 0.3 is 0 Å². The molecule has 2 unspecified atom stereocenters. The third-order valence-corrected chi connectivity index (χ3v) is 8.23. The maximum absolute atomic E-state index is 14.2. The Morgan fingerprint density at radius 1 is 1.22 bits per heavy atom. The van der Waals surface area contributed by atoms with Crippen molar-refractivity contribution in [1.82, 2.24) is 19.6 Å². The normalized spacial score (nSPS) is 32.3. The summed E-state index contributed by atoms with van der Waals surface area (Å²) in [7, 11) is 1.69. The van der Waals surface area contributed by atoms with E-state index >= 15 is 0 Å². The van der Waals surface area contributed by atoms with Crippen LogP contribution < -0.4 is 0 Å². The lowest BCUT2D eigenvalue weighted by molar-refractivity contribution is -0.151. The van der Waals surface area contributed by atoms with Crippen LogP contribution in [0.4, 0.5) is 0 Å². The number of nitrogens with zero attached hydrogens (tertiary/aromatic N) is 4. The minimum Gasteiger partial charge on any atom is -0.394 e. The number of rotatable bonds is 11. The molecule has 2 bridgehead atoms. The fourth-order valence-electron chi connectivity index (χ4n) is 6.46. The predicted molar refractivity (Wildman–Crippen MR) is 133 cm³/mol. The van der Waals surface area contributed by atoms with E-state index in [-0.39, 0.29) is 24.3 Å². The molecule has 4 saturated heterocycles. The molecule has 4 rings (SSSR count). The highest BCUT2D eigenvalue weighted by Gasteiger charge is 2.75. The van der Waals surface area contributed by atoms with Crippen LogP contribution in [0.1, 0.15) is 19.8 Å². The summed E-state index contributed by atoms with van der Waals surface area (Å²) in [6, 6.07) is -1.48. The number of hydrogen-bond acceptors (Lipinski definition) is 7. The molecule has 0 aromatic rings. The second kappa shape index (κ2) is 11.0. The van der Waals surface area contributed by atoms with E-state index in [2.05, 4.69) is 18.1 Å². The summed E-state index contributed by atoms with van der Waals surface area (Å²) in [5.41, 5.74) is -1.07. The molecule has 4 aliphatic heterocycles. The second-order valence-electron chi connectivity index (χ2n) is 10.4. The van der Waals surface area contributed by atoms with E-state index in [1.54, 1.807) is 35.9 Å². The standard InChI is InChI=1S/C26H40N4O6/c1-5-9-27(4)23(32)20-19-7-8-26(36-19)21(20)24(33)30(18(3)17-31)22(26)25(34)29(10-6-2)12-11-28-13-15-35-16-14-28/h5-6,18-22,31H,1-2,7-17H2,3-4H3/t18-,19+,20-,21+,22?,26?/m1/s1. The Kier molecular flexibility index (Phi) is 8.18. The Bertz CT molecular complexity index is 876. The summed E-state index contributed by atoms with van der Waals surface area (Å²) in [6.45, 7) is 13.8. The summed E-state index contributed by atoms with van der Waals surface area (Å²) < 4.78 is 11.9. The molecule has 1 N–H and O–H groups in total. The fourth-order valence-corrected chi connectivity index (χ4v) is 6.46. The number of likely N-dealkylation sites (tertiary alicyclic amines) is 1. The van der Waals surface area contributed by atoms with Crippen molar-refractivity contribution in [2.75, 3.05) is 66.1 Å². The first kappa shape index (κ1) is 26.8. The number of ether oxygens (including phenoxy) is 2. The minimum absolute atomic E-state index is 0.167. The lowest BCUT2D eigenvalue weighted by Crippen LogP contribution is -2.59. The van der Waals surface area contributed by atoms with Crippen molar-refractivity contribution >= 4 is 17.7 Å². The first-order valence-electron chi connectivity index (χ1n) is 13.0. The van der Waals surface area contributed by atoms with Gasteiger partial charge in [0.25, 0.3) is 0 Å². The molecule has 10 heteroatoms. The van der Waals surface area contributed by atoms with Crippen molar-refractivity contribution in [2.45, 2.75) is 43.6 Å². The zero-order valence-corrected chi connectivity index (χ0v) is 21.5. The summed E-state index contributed by atoms with van der Waals surface area (Å²) >= 11 is 0. The van der Waals surface area contributed by atoms with Gasteiger partial charge in [-0.15, -0.1) is 13.2 Å². The highest BCUT2D eigenvalue weighted by atomic mass is 16.5. The molecular formula is C26H40N4O6. The van der Waals surface area contributed by atoms with E-state index in [1.165, 1.54) is 4.90 Å². The third-order valence-electron chi connectivity index (χ3n) is 8.23. The molecule has 4 heterocycles. The number of carbonyl (C=O) groups is 3. The first-order valence-corrected chi connectivity index (χ1v) is 13.0. The van der Waals surface area contributed by atoms with Gasteiger partial charge in [0.15, 0.2) is 0 Å². The van der Waals surface area contributed by atoms with E-state index in [0.29, 0.717) is 52.2 Å². The quantitative estimate of drug-likeness (QED) is 0.387. The minimum atomic E-state index is -1.07. The first-order chi connectivity index (χ1) is 17.3. The molecule has 0 aliphatic carbocycles. The second-order valence-corrected chi connectivity index (χ2v) is 10.4. The number of aliphatic hydroxyl groups is 1. The van der Waals surface area contributed by atoms with Crippen LogP contribution in [0, 0.1) is 11.8 Å². The van der Waals surface area contributed by atoms with Gasteiger partial charge in [-0.3, -0.25) is 19.3 Å². The average Bonchev–Trinajstić information content (AvgIpc) is 3.53. The Morgan fingerprint density at radius 3 is 2.56 bits per heavy atom. The lowest BCUT2D eigenvalue weighted by atomic mass is 9.70. The van der Waals surface area contributed by atoms with Gasteiger partial charge in [-0.1, -0.05) is 12.2 Å². The van der Waals surface area contributed by atoms with E-state index in [1.807, 2.05) is 0 Å². The van der Waals surface area contributed by atoms with Gasteiger partial charge < -0.3 is 29.3 Å². The number of fused-ring (bicyclic) bond motifs is 1. The summed E-state index contributed by atoms with van der Waals surface area (Å²) in [4.78, 5) is 48.5. The van der Waals surface area contributed by atoms with Crippen LogP contribution in [0.2, 0.25) is 0 Å². The van der Waals surface area contributed by atoms with Crippen LogP contribution in [0.3, 0.4) is 0 Å². The molecule has 4 aliphatic rings. The Hall–Kier alpha value is -2.27.